The Morgan fingerprint density at radius 3 is 2.36 bits per heavy atom. The number of carbonyl (C=O) groups is 4. The quantitative estimate of drug-likeness (QED) is 0.675. The van der Waals surface area contributed by atoms with Crippen LogP contribution >= 0.6 is 0 Å². The maximum Gasteiger partial charge on any atom is 0.303 e. The van der Waals surface area contributed by atoms with Crippen LogP contribution < -0.4 is 0 Å². The third-order valence-electron chi connectivity index (χ3n) is 9.20. The molecule has 4 saturated carbocycles. The van der Waals surface area contributed by atoms with Crippen LogP contribution in [-0.4, -0.2) is 28.9 Å². The van der Waals surface area contributed by atoms with Crippen LogP contribution in [0, 0.1) is 34.5 Å². The molecule has 5 heteroatoms. The molecule has 0 aromatic carbocycles. The van der Waals surface area contributed by atoms with Gasteiger partial charge in [0.1, 0.15) is 11.6 Å². The highest BCUT2D eigenvalue weighted by Gasteiger charge is 2.64. The van der Waals surface area contributed by atoms with E-state index in [1.807, 2.05) is 0 Å². The zero-order chi connectivity index (χ0) is 20.5. The van der Waals surface area contributed by atoms with Crippen molar-refractivity contribution in [2.45, 2.75) is 84.7 Å². The third kappa shape index (κ3) is 2.57. The largest absolute Gasteiger partial charge is 0.451 e. The van der Waals surface area contributed by atoms with E-state index < -0.39 is 11.6 Å². The molecular weight excluding hydrogens is 356 g/mol. The number of hydrogen-bond acceptors (Lipinski definition) is 5. The summed E-state index contributed by atoms with van der Waals surface area (Å²) in [4.78, 5) is 50.0. The second-order valence-electron chi connectivity index (χ2n) is 10.4. The summed E-state index contributed by atoms with van der Waals surface area (Å²) in [5.41, 5.74) is -1.43. The normalized spacial score (nSPS) is 47.7. The Balaban J connectivity index is 1.66. The Kier molecular flexibility index (Phi) is 4.41. The van der Waals surface area contributed by atoms with E-state index in [1.54, 1.807) is 0 Å². The van der Waals surface area contributed by atoms with Crippen molar-refractivity contribution >= 4 is 23.3 Å². The van der Waals surface area contributed by atoms with Gasteiger partial charge in [-0.3, -0.25) is 19.2 Å². The summed E-state index contributed by atoms with van der Waals surface area (Å²) in [5, 5.41) is 0. The van der Waals surface area contributed by atoms with Gasteiger partial charge in [0.05, 0.1) is 0 Å². The maximum absolute atomic E-state index is 13.3. The molecule has 0 aromatic rings. The van der Waals surface area contributed by atoms with Crippen molar-refractivity contribution < 1.29 is 23.9 Å². The molecule has 0 aromatic heterocycles. The second kappa shape index (κ2) is 6.24. The monoisotopic (exact) mass is 388 g/mol. The van der Waals surface area contributed by atoms with Crippen LogP contribution in [0.15, 0.2) is 0 Å². The fraction of sp³-hybridized carbons (Fsp3) is 0.826. The molecular formula is C23H32O5. The molecule has 0 unspecified atom stereocenters. The van der Waals surface area contributed by atoms with E-state index in [9.17, 15) is 19.2 Å². The lowest BCUT2D eigenvalue weighted by Crippen LogP contribution is -2.60. The zero-order valence-electron chi connectivity index (χ0n) is 17.5. The van der Waals surface area contributed by atoms with Gasteiger partial charge in [-0.1, -0.05) is 13.8 Å². The summed E-state index contributed by atoms with van der Waals surface area (Å²) < 4.78 is 5.56. The minimum absolute atomic E-state index is 0.0231. The standard InChI is InChI=1S/C23H32O5/c1-13(24)23(28-14(2)25)10-9-21(3)15(12-23)11-18(26)20-16-5-6-19(27)22(16,4)8-7-17(20)21/h15-17,20H,5-12H2,1-4H3/t15-,16-,17+,20+,21-,22-,23+/m0/s1. The van der Waals surface area contributed by atoms with Gasteiger partial charge in [0.15, 0.2) is 11.4 Å². The summed E-state index contributed by atoms with van der Waals surface area (Å²) in [6.07, 6.45) is 5.44. The molecule has 0 radical (unpaired) electrons. The van der Waals surface area contributed by atoms with E-state index in [0.717, 1.165) is 25.7 Å². The van der Waals surface area contributed by atoms with E-state index in [4.69, 9.17) is 4.74 Å². The molecule has 28 heavy (non-hydrogen) atoms. The van der Waals surface area contributed by atoms with Gasteiger partial charge in [-0.25, -0.2) is 0 Å². The fourth-order valence-corrected chi connectivity index (χ4v) is 7.44. The fourth-order valence-electron chi connectivity index (χ4n) is 7.44. The molecule has 0 heterocycles. The first-order chi connectivity index (χ1) is 13.0. The third-order valence-corrected chi connectivity index (χ3v) is 9.20. The molecule has 0 aliphatic heterocycles. The number of Topliss-reactive ketones (excluding diaryl/α,β-unsaturated/α-hetero) is 3. The topological polar surface area (TPSA) is 77.5 Å². The first-order valence-corrected chi connectivity index (χ1v) is 10.8. The summed E-state index contributed by atoms with van der Waals surface area (Å²) >= 11 is 0. The average Bonchev–Trinajstić information content (AvgIpc) is 2.91. The van der Waals surface area contributed by atoms with Gasteiger partial charge in [0.2, 0.25) is 0 Å². The van der Waals surface area contributed by atoms with Crippen molar-refractivity contribution in [3.63, 3.8) is 0 Å². The molecule has 0 N–H and O–H groups in total. The molecule has 4 rings (SSSR count). The lowest BCUT2D eigenvalue weighted by atomic mass is 9.44. The molecule has 4 aliphatic carbocycles. The number of carbonyl (C=O) groups excluding carboxylic acids is 4. The van der Waals surface area contributed by atoms with Gasteiger partial charge < -0.3 is 4.74 Å². The van der Waals surface area contributed by atoms with Crippen LogP contribution in [0.2, 0.25) is 0 Å². The maximum atomic E-state index is 13.3. The summed E-state index contributed by atoms with van der Waals surface area (Å²) in [7, 11) is 0. The highest BCUT2D eigenvalue weighted by Crippen LogP contribution is 2.65. The molecule has 4 aliphatic rings. The van der Waals surface area contributed by atoms with E-state index in [0.29, 0.717) is 31.5 Å². The molecule has 0 bridgehead atoms. The van der Waals surface area contributed by atoms with Crippen molar-refractivity contribution in [2.24, 2.45) is 34.5 Å². The van der Waals surface area contributed by atoms with Gasteiger partial charge in [0.25, 0.3) is 0 Å². The predicted octanol–water partition coefficient (Wildman–Crippen LogP) is 3.67. The highest BCUT2D eigenvalue weighted by molar-refractivity contribution is 5.91. The van der Waals surface area contributed by atoms with E-state index in [-0.39, 0.29) is 46.1 Å². The van der Waals surface area contributed by atoms with Crippen molar-refractivity contribution in [1.82, 2.24) is 0 Å². The number of rotatable bonds is 2. The first kappa shape index (κ1) is 19.8. The van der Waals surface area contributed by atoms with Crippen LogP contribution in [0.25, 0.3) is 0 Å². The number of ether oxygens (including phenoxy) is 1. The van der Waals surface area contributed by atoms with Gasteiger partial charge in [-0.05, 0) is 68.6 Å². The Bertz CT molecular complexity index is 756. The van der Waals surface area contributed by atoms with Gasteiger partial charge in [-0.15, -0.1) is 0 Å². The van der Waals surface area contributed by atoms with Crippen LogP contribution in [-0.2, 0) is 23.9 Å². The number of fused-ring (bicyclic) bond motifs is 5. The Labute approximate surface area is 167 Å². The molecule has 154 valence electrons. The van der Waals surface area contributed by atoms with Crippen molar-refractivity contribution in [1.29, 1.82) is 0 Å². The lowest BCUT2D eigenvalue weighted by Gasteiger charge is -2.60. The predicted molar refractivity (Wildman–Crippen MR) is 102 cm³/mol. The molecule has 5 nitrogen and oxygen atoms in total. The average molecular weight is 389 g/mol. The van der Waals surface area contributed by atoms with Gasteiger partial charge in [0, 0.05) is 31.1 Å². The molecule has 7 atom stereocenters. The van der Waals surface area contributed by atoms with Crippen LogP contribution in [0.5, 0.6) is 0 Å². The molecule has 4 fully saturated rings. The number of esters is 1. The van der Waals surface area contributed by atoms with Crippen LogP contribution in [0.3, 0.4) is 0 Å². The smallest absolute Gasteiger partial charge is 0.303 e. The second-order valence-corrected chi connectivity index (χ2v) is 10.4. The summed E-state index contributed by atoms with van der Waals surface area (Å²) in [6.45, 7) is 7.20. The van der Waals surface area contributed by atoms with E-state index in [2.05, 4.69) is 13.8 Å². The van der Waals surface area contributed by atoms with Crippen LogP contribution in [0.1, 0.15) is 79.1 Å². The van der Waals surface area contributed by atoms with E-state index >= 15 is 0 Å². The lowest BCUT2D eigenvalue weighted by molar-refractivity contribution is -0.187. The number of ketones is 3. The molecule has 0 saturated heterocycles. The van der Waals surface area contributed by atoms with Gasteiger partial charge in [-0.2, -0.15) is 0 Å². The Morgan fingerprint density at radius 2 is 1.71 bits per heavy atom. The van der Waals surface area contributed by atoms with Crippen molar-refractivity contribution in [3.8, 4) is 0 Å². The van der Waals surface area contributed by atoms with Crippen molar-refractivity contribution in [2.75, 3.05) is 0 Å². The Morgan fingerprint density at radius 1 is 1.00 bits per heavy atom. The summed E-state index contributed by atoms with van der Waals surface area (Å²) in [5.74, 6) is 0.533. The zero-order valence-corrected chi connectivity index (χ0v) is 17.5. The molecule has 0 spiro atoms. The first-order valence-electron chi connectivity index (χ1n) is 10.8. The minimum atomic E-state index is -1.07. The Hall–Kier alpha value is -1.52. The van der Waals surface area contributed by atoms with Gasteiger partial charge >= 0.3 is 5.97 Å². The molecule has 0 amide bonds. The van der Waals surface area contributed by atoms with E-state index in [1.165, 1.54) is 13.8 Å². The van der Waals surface area contributed by atoms with Crippen molar-refractivity contribution in [3.05, 3.63) is 0 Å². The summed E-state index contributed by atoms with van der Waals surface area (Å²) in [6, 6.07) is 0. The number of hydrogen-bond donors (Lipinski definition) is 0. The highest BCUT2D eigenvalue weighted by atomic mass is 16.6. The van der Waals surface area contributed by atoms with Crippen LogP contribution in [0.4, 0.5) is 0 Å². The minimum Gasteiger partial charge on any atom is -0.451 e. The SMILES string of the molecule is CC(=O)O[C@]1(C(C)=O)CC[C@@]2(C)[C@@H](CC(=O)[C@H]3[C@H]2CC[C@]2(C)C(=O)CC[C@@H]32)C1.